The SMILES string of the molecule is CCOc1ccc2c(C(=O)Nc3ccc(OCc4ccccc4)cc3)cc(=O)oc2c1. The van der Waals surface area contributed by atoms with Crippen molar-refractivity contribution in [3.63, 3.8) is 0 Å². The predicted octanol–water partition coefficient (Wildman–Crippen LogP) is 5.02. The molecule has 0 fully saturated rings. The Labute approximate surface area is 179 Å². The number of nitrogens with one attached hydrogen (secondary N) is 1. The van der Waals surface area contributed by atoms with E-state index in [9.17, 15) is 9.59 Å². The van der Waals surface area contributed by atoms with Crippen molar-refractivity contribution in [1.82, 2.24) is 0 Å². The molecule has 0 atom stereocenters. The summed E-state index contributed by atoms with van der Waals surface area (Å²) in [6.07, 6.45) is 0. The molecule has 0 radical (unpaired) electrons. The maximum absolute atomic E-state index is 12.8. The van der Waals surface area contributed by atoms with Crippen LogP contribution in [0, 0.1) is 0 Å². The highest BCUT2D eigenvalue weighted by atomic mass is 16.5. The Balaban J connectivity index is 1.49. The van der Waals surface area contributed by atoms with E-state index >= 15 is 0 Å². The lowest BCUT2D eigenvalue weighted by Gasteiger charge is -2.10. The molecule has 0 unspecified atom stereocenters. The Kier molecular flexibility index (Phi) is 5.98. The third-order valence-electron chi connectivity index (χ3n) is 4.63. The molecule has 1 aromatic heterocycles. The molecule has 1 N–H and O–H groups in total. The highest BCUT2D eigenvalue weighted by Gasteiger charge is 2.14. The van der Waals surface area contributed by atoms with Gasteiger partial charge in [-0.3, -0.25) is 4.79 Å². The number of amides is 1. The van der Waals surface area contributed by atoms with Crippen LogP contribution in [0.4, 0.5) is 5.69 Å². The van der Waals surface area contributed by atoms with Crippen LogP contribution >= 0.6 is 0 Å². The molecule has 4 rings (SSSR count). The molecule has 6 nitrogen and oxygen atoms in total. The van der Waals surface area contributed by atoms with E-state index in [-0.39, 0.29) is 5.56 Å². The summed E-state index contributed by atoms with van der Waals surface area (Å²) in [6, 6.07) is 23.2. The first-order valence-electron chi connectivity index (χ1n) is 9.91. The van der Waals surface area contributed by atoms with Crippen LogP contribution in [0.5, 0.6) is 11.5 Å². The van der Waals surface area contributed by atoms with Crippen LogP contribution < -0.4 is 20.4 Å². The summed E-state index contributed by atoms with van der Waals surface area (Å²) in [5, 5.41) is 3.34. The van der Waals surface area contributed by atoms with Crippen molar-refractivity contribution in [3.8, 4) is 11.5 Å². The van der Waals surface area contributed by atoms with Gasteiger partial charge in [0.25, 0.3) is 5.91 Å². The smallest absolute Gasteiger partial charge is 0.337 e. The summed E-state index contributed by atoms with van der Waals surface area (Å²) >= 11 is 0. The van der Waals surface area contributed by atoms with Gasteiger partial charge in [0.05, 0.1) is 12.2 Å². The normalized spacial score (nSPS) is 10.6. The highest BCUT2D eigenvalue weighted by Crippen LogP contribution is 2.24. The van der Waals surface area contributed by atoms with Gasteiger partial charge in [-0.1, -0.05) is 30.3 Å². The first kappa shape index (κ1) is 20.2. The summed E-state index contributed by atoms with van der Waals surface area (Å²) in [6.45, 7) is 2.81. The Hall–Kier alpha value is -4.06. The van der Waals surface area contributed by atoms with Gasteiger partial charge in [-0.2, -0.15) is 0 Å². The van der Waals surface area contributed by atoms with Gasteiger partial charge in [0.15, 0.2) is 0 Å². The van der Waals surface area contributed by atoms with Crippen molar-refractivity contribution in [2.75, 3.05) is 11.9 Å². The van der Waals surface area contributed by atoms with Crippen molar-refractivity contribution in [1.29, 1.82) is 0 Å². The molecule has 1 heterocycles. The molecule has 0 aliphatic carbocycles. The minimum atomic E-state index is -0.601. The zero-order chi connectivity index (χ0) is 21.6. The summed E-state index contributed by atoms with van der Waals surface area (Å²) < 4.78 is 16.4. The van der Waals surface area contributed by atoms with Crippen molar-refractivity contribution in [2.24, 2.45) is 0 Å². The molecular formula is C25H21NO5. The molecule has 0 saturated carbocycles. The maximum Gasteiger partial charge on any atom is 0.337 e. The Morgan fingerprint density at radius 2 is 1.65 bits per heavy atom. The van der Waals surface area contributed by atoms with E-state index in [1.165, 1.54) is 6.07 Å². The van der Waals surface area contributed by atoms with Gasteiger partial charge < -0.3 is 19.2 Å². The van der Waals surface area contributed by atoms with Crippen LogP contribution in [0.3, 0.4) is 0 Å². The third-order valence-corrected chi connectivity index (χ3v) is 4.63. The number of fused-ring (bicyclic) bond motifs is 1. The lowest BCUT2D eigenvalue weighted by atomic mass is 10.1. The monoisotopic (exact) mass is 415 g/mol. The van der Waals surface area contributed by atoms with Gasteiger partial charge in [-0.05, 0) is 48.9 Å². The second-order valence-electron chi connectivity index (χ2n) is 6.82. The lowest BCUT2D eigenvalue weighted by Crippen LogP contribution is -2.15. The summed E-state index contributed by atoms with van der Waals surface area (Å²) in [4.78, 5) is 24.8. The quantitative estimate of drug-likeness (QED) is 0.429. The number of hydrogen-bond donors (Lipinski definition) is 1. The van der Waals surface area contributed by atoms with E-state index in [4.69, 9.17) is 13.9 Å². The first-order chi connectivity index (χ1) is 15.1. The van der Waals surface area contributed by atoms with Gasteiger partial charge in [0.2, 0.25) is 0 Å². The van der Waals surface area contributed by atoms with E-state index in [1.54, 1.807) is 42.5 Å². The predicted molar refractivity (Wildman–Crippen MR) is 119 cm³/mol. The summed E-state index contributed by atoms with van der Waals surface area (Å²) in [7, 11) is 0. The van der Waals surface area contributed by atoms with E-state index < -0.39 is 11.5 Å². The van der Waals surface area contributed by atoms with E-state index in [0.717, 1.165) is 5.56 Å². The second kappa shape index (κ2) is 9.17. The average molecular weight is 415 g/mol. The molecule has 3 aromatic carbocycles. The molecule has 31 heavy (non-hydrogen) atoms. The Morgan fingerprint density at radius 3 is 2.39 bits per heavy atom. The average Bonchev–Trinajstić information content (AvgIpc) is 2.79. The maximum atomic E-state index is 12.8. The molecule has 0 aliphatic heterocycles. The van der Waals surface area contributed by atoms with Crippen LogP contribution in [-0.4, -0.2) is 12.5 Å². The zero-order valence-electron chi connectivity index (χ0n) is 17.0. The van der Waals surface area contributed by atoms with Crippen molar-refractivity contribution < 1.29 is 18.7 Å². The van der Waals surface area contributed by atoms with Gasteiger partial charge >= 0.3 is 5.63 Å². The van der Waals surface area contributed by atoms with E-state index in [0.29, 0.717) is 41.4 Å². The summed E-state index contributed by atoms with van der Waals surface area (Å²) in [5.41, 5.74) is 1.59. The number of hydrogen-bond acceptors (Lipinski definition) is 5. The van der Waals surface area contributed by atoms with Crippen molar-refractivity contribution >= 4 is 22.6 Å². The highest BCUT2D eigenvalue weighted by molar-refractivity contribution is 6.12. The zero-order valence-corrected chi connectivity index (χ0v) is 17.0. The number of benzene rings is 3. The standard InChI is InChI=1S/C25H21NO5/c1-2-29-20-12-13-21-22(15-24(27)31-23(21)14-20)25(28)26-18-8-10-19(11-9-18)30-16-17-6-4-3-5-7-17/h3-15H,2,16H2,1H3,(H,26,28). The van der Waals surface area contributed by atoms with Crippen LogP contribution in [-0.2, 0) is 6.61 Å². The molecular weight excluding hydrogens is 394 g/mol. The van der Waals surface area contributed by atoms with Crippen molar-refractivity contribution in [2.45, 2.75) is 13.5 Å². The van der Waals surface area contributed by atoms with Gasteiger partial charge in [0, 0.05) is 23.2 Å². The minimum absolute atomic E-state index is 0.235. The molecule has 0 spiro atoms. The molecule has 0 bridgehead atoms. The van der Waals surface area contributed by atoms with Gasteiger partial charge in [-0.25, -0.2) is 4.79 Å². The Morgan fingerprint density at radius 1 is 0.903 bits per heavy atom. The van der Waals surface area contributed by atoms with Crippen LogP contribution in [0.25, 0.3) is 11.0 Å². The fraction of sp³-hybridized carbons (Fsp3) is 0.120. The molecule has 156 valence electrons. The fourth-order valence-electron chi connectivity index (χ4n) is 3.16. The number of ether oxygens (including phenoxy) is 2. The number of carbonyl (C=O) groups excluding carboxylic acids is 1. The lowest BCUT2D eigenvalue weighted by molar-refractivity contribution is 0.102. The molecule has 4 aromatic rings. The largest absolute Gasteiger partial charge is 0.494 e. The number of anilines is 1. The summed E-state index contributed by atoms with van der Waals surface area (Å²) in [5.74, 6) is 0.859. The number of rotatable bonds is 7. The van der Waals surface area contributed by atoms with Crippen LogP contribution in [0.1, 0.15) is 22.8 Å². The topological polar surface area (TPSA) is 77.8 Å². The third kappa shape index (κ3) is 4.93. The van der Waals surface area contributed by atoms with E-state index in [1.807, 2.05) is 37.3 Å². The van der Waals surface area contributed by atoms with E-state index in [2.05, 4.69) is 5.32 Å². The number of carbonyl (C=O) groups is 1. The Bertz CT molecular complexity index is 1250. The minimum Gasteiger partial charge on any atom is -0.494 e. The molecule has 0 saturated heterocycles. The fourth-order valence-corrected chi connectivity index (χ4v) is 3.16. The molecule has 0 aliphatic rings. The molecule has 6 heteroatoms. The van der Waals surface area contributed by atoms with Crippen LogP contribution in [0.15, 0.2) is 88.1 Å². The first-order valence-corrected chi connectivity index (χ1v) is 9.91. The second-order valence-corrected chi connectivity index (χ2v) is 6.82. The van der Waals surface area contributed by atoms with Crippen molar-refractivity contribution in [3.05, 3.63) is 100 Å². The molecule has 1 amide bonds. The van der Waals surface area contributed by atoms with Gasteiger partial charge in [0.1, 0.15) is 23.7 Å². The van der Waals surface area contributed by atoms with Crippen LogP contribution in [0.2, 0.25) is 0 Å². The van der Waals surface area contributed by atoms with Gasteiger partial charge in [-0.15, -0.1) is 0 Å².